The Morgan fingerprint density at radius 3 is 2.21 bits per heavy atom. The Kier molecular flexibility index (Phi) is 9.00. The van der Waals surface area contributed by atoms with Crippen LogP contribution in [0, 0.1) is 11.8 Å². The van der Waals surface area contributed by atoms with Gasteiger partial charge < -0.3 is 15.5 Å². The Hall–Kier alpha value is -1.26. The molecule has 2 N–H and O–H groups in total. The van der Waals surface area contributed by atoms with E-state index in [9.17, 15) is 4.79 Å². The first-order valence-corrected chi connectivity index (χ1v) is 7.05. The molecule has 0 heterocycles. The summed E-state index contributed by atoms with van der Waals surface area (Å²) in [6.45, 7) is 10.6. The highest BCUT2D eigenvalue weighted by Gasteiger charge is 2.05. The summed E-state index contributed by atoms with van der Waals surface area (Å²) in [5.74, 6) is 1.93. The van der Waals surface area contributed by atoms with Gasteiger partial charge >= 0.3 is 0 Å². The number of aliphatic imine (C=N–C) groups is 1. The van der Waals surface area contributed by atoms with Crippen molar-refractivity contribution in [1.29, 1.82) is 0 Å². The molecule has 0 bridgehead atoms. The Labute approximate surface area is 117 Å². The maximum absolute atomic E-state index is 11.5. The number of likely N-dealkylation sites (N-methyl/N-ethyl adjacent to an activating group) is 1. The second kappa shape index (κ2) is 9.64. The molecular formula is C14H30N4O. The van der Waals surface area contributed by atoms with E-state index in [1.165, 1.54) is 0 Å². The molecule has 0 aliphatic rings. The summed E-state index contributed by atoms with van der Waals surface area (Å²) in [7, 11) is 3.48. The van der Waals surface area contributed by atoms with Gasteiger partial charge in [0, 0.05) is 27.2 Å². The molecule has 0 unspecified atom stereocenters. The van der Waals surface area contributed by atoms with Crippen LogP contribution in [0.25, 0.3) is 0 Å². The summed E-state index contributed by atoms with van der Waals surface area (Å²) >= 11 is 0. The van der Waals surface area contributed by atoms with E-state index in [0.717, 1.165) is 25.5 Å². The maximum atomic E-state index is 11.5. The van der Waals surface area contributed by atoms with Crippen LogP contribution >= 0.6 is 0 Å². The van der Waals surface area contributed by atoms with Gasteiger partial charge in [-0.1, -0.05) is 27.7 Å². The molecule has 0 aliphatic heterocycles. The lowest BCUT2D eigenvalue weighted by Gasteiger charge is -2.15. The lowest BCUT2D eigenvalue weighted by atomic mass is 10.1. The van der Waals surface area contributed by atoms with Gasteiger partial charge in [-0.25, -0.2) is 4.99 Å². The molecule has 0 aliphatic carbocycles. The van der Waals surface area contributed by atoms with Crippen LogP contribution in [0.5, 0.6) is 0 Å². The van der Waals surface area contributed by atoms with Crippen molar-refractivity contribution in [2.24, 2.45) is 16.8 Å². The van der Waals surface area contributed by atoms with Crippen LogP contribution in [0.1, 0.15) is 34.1 Å². The molecule has 0 saturated heterocycles. The molecule has 0 aromatic heterocycles. The first kappa shape index (κ1) is 17.7. The van der Waals surface area contributed by atoms with Gasteiger partial charge in [0.15, 0.2) is 5.96 Å². The molecule has 5 heteroatoms. The largest absolute Gasteiger partial charge is 0.356 e. The van der Waals surface area contributed by atoms with Crippen LogP contribution in [-0.2, 0) is 4.79 Å². The van der Waals surface area contributed by atoms with Gasteiger partial charge in [-0.2, -0.15) is 0 Å². The fourth-order valence-corrected chi connectivity index (χ4v) is 1.24. The first-order valence-electron chi connectivity index (χ1n) is 7.05. The third-order valence-electron chi connectivity index (χ3n) is 2.56. The SMILES string of the molecule is CC(C)CCNC(=NCC(=O)N(C)C)NCC(C)C. The summed E-state index contributed by atoms with van der Waals surface area (Å²) in [4.78, 5) is 17.4. The van der Waals surface area contributed by atoms with E-state index in [1.54, 1.807) is 19.0 Å². The number of hydrogen-bond acceptors (Lipinski definition) is 2. The standard InChI is InChI=1S/C14H30N4O/c1-11(2)7-8-15-14(16-9-12(3)4)17-10-13(19)18(5)6/h11-12H,7-10H2,1-6H3,(H2,15,16,17). The minimum absolute atomic E-state index is 0.00880. The van der Waals surface area contributed by atoms with Gasteiger partial charge in [-0.15, -0.1) is 0 Å². The molecule has 0 saturated carbocycles. The molecule has 0 spiro atoms. The van der Waals surface area contributed by atoms with Gasteiger partial charge in [0.2, 0.25) is 5.91 Å². The predicted molar refractivity (Wildman–Crippen MR) is 81.3 cm³/mol. The van der Waals surface area contributed by atoms with E-state index >= 15 is 0 Å². The second-order valence-corrected chi connectivity index (χ2v) is 5.84. The summed E-state index contributed by atoms with van der Waals surface area (Å²) in [6, 6.07) is 0. The molecule has 5 nitrogen and oxygen atoms in total. The van der Waals surface area contributed by atoms with E-state index in [4.69, 9.17) is 0 Å². The van der Waals surface area contributed by atoms with Crippen molar-refractivity contribution in [2.75, 3.05) is 33.7 Å². The van der Waals surface area contributed by atoms with Gasteiger partial charge in [-0.05, 0) is 18.3 Å². The van der Waals surface area contributed by atoms with Gasteiger partial charge in [-0.3, -0.25) is 4.79 Å². The Balaban J connectivity index is 4.30. The second-order valence-electron chi connectivity index (χ2n) is 5.84. The third-order valence-corrected chi connectivity index (χ3v) is 2.56. The van der Waals surface area contributed by atoms with Crippen molar-refractivity contribution >= 4 is 11.9 Å². The molecule has 112 valence electrons. The van der Waals surface area contributed by atoms with Crippen molar-refractivity contribution in [3.05, 3.63) is 0 Å². The first-order chi connectivity index (χ1) is 8.82. The normalized spacial score (nSPS) is 11.9. The average molecular weight is 270 g/mol. The number of guanidine groups is 1. The van der Waals surface area contributed by atoms with Gasteiger partial charge in [0.05, 0.1) is 0 Å². The van der Waals surface area contributed by atoms with E-state index < -0.39 is 0 Å². The highest BCUT2D eigenvalue weighted by atomic mass is 16.2. The van der Waals surface area contributed by atoms with Crippen LogP contribution in [-0.4, -0.2) is 50.5 Å². The van der Waals surface area contributed by atoms with Crippen LogP contribution < -0.4 is 10.6 Å². The zero-order valence-corrected chi connectivity index (χ0v) is 13.3. The van der Waals surface area contributed by atoms with Crippen molar-refractivity contribution in [2.45, 2.75) is 34.1 Å². The minimum atomic E-state index is 0.00880. The number of hydrogen-bond donors (Lipinski definition) is 2. The van der Waals surface area contributed by atoms with E-state index in [0.29, 0.717) is 11.8 Å². The van der Waals surface area contributed by atoms with E-state index in [-0.39, 0.29) is 12.5 Å². The van der Waals surface area contributed by atoms with Crippen LogP contribution in [0.2, 0.25) is 0 Å². The summed E-state index contributed by atoms with van der Waals surface area (Å²) < 4.78 is 0. The van der Waals surface area contributed by atoms with Crippen LogP contribution in [0.3, 0.4) is 0 Å². The fraction of sp³-hybridized carbons (Fsp3) is 0.857. The topological polar surface area (TPSA) is 56.7 Å². The quantitative estimate of drug-likeness (QED) is 0.542. The maximum Gasteiger partial charge on any atom is 0.243 e. The monoisotopic (exact) mass is 270 g/mol. The molecule has 0 rings (SSSR count). The van der Waals surface area contributed by atoms with Crippen molar-refractivity contribution in [3.8, 4) is 0 Å². The van der Waals surface area contributed by atoms with Crippen LogP contribution in [0.15, 0.2) is 4.99 Å². The number of rotatable bonds is 7. The van der Waals surface area contributed by atoms with Crippen LogP contribution in [0.4, 0.5) is 0 Å². The van der Waals surface area contributed by atoms with Crippen molar-refractivity contribution in [3.63, 3.8) is 0 Å². The molecule has 0 aromatic carbocycles. The molecule has 0 fully saturated rings. The van der Waals surface area contributed by atoms with E-state index in [1.807, 2.05) is 0 Å². The number of nitrogens with one attached hydrogen (secondary N) is 2. The lowest BCUT2D eigenvalue weighted by molar-refractivity contribution is -0.127. The Morgan fingerprint density at radius 1 is 1.11 bits per heavy atom. The summed E-state index contributed by atoms with van der Waals surface area (Å²) in [5.41, 5.74) is 0. The Morgan fingerprint density at radius 2 is 1.74 bits per heavy atom. The molecule has 1 amide bonds. The van der Waals surface area contributed by atoms with Gasteiger partial charge in [0.1, 0.15) is 6.54 Å². The number of nitrogens with zero attached hydrogens (tertiary/aromatic N) is 2. The van der Waals surface area contributed by atoms with E-state index in [2.05, 4.69) is 43.3 Å². The minimum Gasteiger partial charge on any atom is -0.356 e. The lowest BCUT2D eigenvalue weighted by Crippen LogP contribution is -2.40. The molecular weight excluding hydrogens is 240 g/mol. The highest BCUT2D eigenvalue weighted by molar-refractivity contribution is 5.84. The zero-order valence-electron chi connectivity index (χ0n) is 13.3. The number of amides is 1. The van der Waals surface area contributed by atoms with Crippen molar-refractivity contribution in [1.82, 2.24) is 15.5 Å². The fourth-order valence-electron chi connectivity index (χ4n) is 1.24. The number of carbonyl (C=O) groups is 1. The molecule has 0 aromatic rings. The van der Waals surface area contributed by atoms with Gasteiger partial charge in [0.25, 0.3) is 0 Å². The molecule has 19 heavy (non-hydrogen) atoms. The Bertz CT molecular complexity index is 285. The van der Waals surface area contributed by atoms with Crippen molar-refractivity contribution < 1.29 is 4.79 Å². The predicted octanol–water partition coefficient (Wildman–Crippen LogP) is 1.31. The average Bonchev–Trinajstić information content (AvgIpc) is 2.30. The number of carbonyl (C=O) groups excluding carboxylic acids is 1. The summed E-state index contributed by atoms with van der Waals surface area (Å²) in [5, 5.41) is 6.52. The highest BCUT2D eigenvalue weighted by Crippen LogP contribution is 1.96. The molecule has 0 atom stereocenters. The third kappa shape index (κ3) is 10.4. The summed E-state index contributed by atoms with van der Waals surface area (Å²) in [6.07, 6.45) is 1.09. The smallest absolute Gasteiger partial charge is 0.243 e. The molecule has 0 radical (unpaired) electrons. The zero-order chi connectivity index (χ0) is 14.8.